The van der Waals surface area contributed by atoms with Crippen LogP contribution < -0.4 is 5.73 Å². The second-order valence-electron chi connectivity index (χ2n) is 3.62. The van der Waals surface area contributed by atoms with E-state index in [9.17, 15) is 0 Å². The highest BCUT2D eigenvalue weighted by atomic mass is 15.2. The van der Waals surface area contributed by atoms with Crippen molar-refractivity contribution in [3.05, 3.63) is 24.8 Å². The minimum atomic E-state index is 0.466. The van der Waals surface area contributed by atoms with Gasteiger partial charge in [-0.2, -0.15) is 10.2 Å². The Kier molecular flexibility index (Phi) is 1.70. The summed E-state index contributed by atoms with van der Waals surface area (Å²) in [5.41, 5.74) is 8.56. The molecule has 0 unspecified atom stereocenters. The van der Waals surface area contributed by atoms with E-state index in [1.54, 1.807) is 23.3 Å². The van der Waals surface area contributed by atoms with Gasteiger partial charge in [0.05, 0.1) is 17.1 Å². The molecule has 0 saturated heterocycles. The second-order valence-corrected chi connectivity index (χ2v) is 3.62. The number of hydrogen-bond acceptors (Lipinski definition) is 4. The number of anilines is 1. The molecule has 3 heterocycles. The fraction of sp³-hybridized carbons (Fsp3) is 0.100. The maximum absolute atomic E-state index is 5.73. The van der Waals surface area contributed by atoms with Crippen LogP contribution in [0.5, 0.6) is 0 Å². The van der Waals surface area contributed by atoms with Crippen molar-refractivity contribution in [1.82, 2.24) is 25.0 Å². The summed E-state index contributed by atoms with van der Waals surface area (Å²) >= 11 is 0. The number of pyridine rings is 1. The molecule has 0 aromatic carbocycles. The quantitative estimate of drug-likeness (QED) is 0.631. The first-order chi connectivity index (χ1) is 7.75. The lowest BCUT2D eigenvalue weighted by atomic mass is 10.1. The minimum Gasteiger partial charge on any atom is -0.382 e. The van der Waals surface area contributed by atoms with Crippen LogP contribution in [0.1, 0.15) is 0 Å². The lowest BCUT2D eigenvalue weighted by Gasteiger charge is -1.97. The maximum Gasteiger partial charge on any atom is 0.154 e. The van der Waals surface area contributed by atoms with Gasteiger partial charge in [0.15, 0.2) is 5.82 Å². The highest BCUT2D eigenvalue weighted by Crippen LogP contribution is 2.27. The van der Waals surface area contributed by atoms with Gasteiger partial charge in [0.25, 0.3) is 0 Å². The van der Waals surface area contributed by atoms with Crippen LogP contribution in [0.2, 0.25) is 0 Å². The van der Waals surface area contributed by atoms with Gasteiger partial charge in [0.1, 0.15) is 0 Å². The molecule has 0 saturated carbocycles. The summed E-state index contributed by atoms with van der Waals surface area (Å²) in [6.45, 7) is 0. The summed E-state index contributed by atoms with van der Waals surface area (Å²) in [4.78, 5) is 4.15. The molecule has 0 amide bonds. The number of hydrogen-bond donors (Lipinski definition) is 2. The Balaban J connectivity index is 2.31. The van der Waals surface area contributed by atoms with E-state index in [0.717, 1.165) is 22.0 Å². The van der Waals surface area contributed by atoms with E-state index in [-0.39, 0.29) is 0 Å². The van der Waals surface area contributed by atoms with Gasteiger partial charge in [0.2, 0.25) is 0 Å². The normalized spacial score (nSPS) is 11.1. The summed E-state index contributed by atoms with van der Waals surface area (Å²) in [7, 11) is 1.87. The van der Waals surface area contributed by atoms with E-state index in [0.29, 0.717) is 5.82 Å². The summed E-state index contributed by atoms with van der Waals surface area (Å²) in [6.07, 6.45) is 7.19. The molecule has 0 aliphatic rings. The molecule has 3 aromatic heterocycles. The van der Waals surface area contributed by atoms with Gasteiger partial charge in [-0.15, -0.1) is 0 Å². The molecule has 6 nitrogen and oxygen atoms in total. The monoisotopic (exact) mass is 214 g/mol. The molecule has 6 heteroatoms. The molecule has 16 heavy (non-hydrogen) atoms. The Hall–Kier alpha value is -2.37. The molecule has 0 bridgehead atoms. The first-order valence-corrected chi connectivity index (χ1v) is 4.82. The highest BCUT2D eigenvalue weighted by Gasteiger charge is 2.10. The van der Waals surface area contributed by atoms with Crippen LogP contribution in [0.25, 0.3) is 22.0 Å². The molecule has 80 valence electrons. The lowest BCUT2D eigenvalue weighted by Crippen LogP contribution is -1.85. The number of nitrogens with one attached hydrogen (secondary N) is 1. The first kappa shape index (κ1) is 8.90. The van der Waals surface area contributed by atoms with Gasteiger partial charge in [-0.25, -0.2) is 0 Å². The van der Waals surface area contributed by atoms with Crippen LogP contribution in [0.15, 0.2) is 24.8 Å². The second kappa shape index (κ2) is 3.06. The number of nitrogens with zero attached hydrogens (tertiary/aromatic N) is 4. The van der Waals surface area contributed by atoms with Gasteiger partial charge >= 0.3 is 0 Å². The molecule has 0 aliphatic carbocycles. The van der Waals surface area contributed by atoms with E-state index in [2.05, 4.69) is 20.3 Å². The summed E-state index contributed by atoms with van der Waals surface area (Å²) in [5, 5.41) is 11.9. The van der Waals surface area contributed by atoms with E-state index in [1.807, 2.05) is 13.2 Å². The average molecular weight is 214 g/mol. The number of aromatic amines is 1. The van der Waals surface area contributed by atoms with E-state index in [4.69, 9.17) is 5.73 Å². The number of rotatable bonds is 1. The van der Waals surface area contributed by atoms with E-state index in [1.165, 1.54) is 0 Å². The number of nitrogens with two attached hydrogens (primary N) is 1. The van der Waals surface area contributed by atoms with Gasteiger partial charge in [-0.05, 0) is 0 Å². The molecular formula is C10H10N6. The van der Waals surface area contributed by atoms with Crippen LogP contribution >= 0.6 is 0 Å². The zero-order valence-corrected chi connectivity index (χ0v) is 8.68. The topological polar surface area (TPSA) is 85.4 Å². The maximum atomic E-state index is 5.73. The van der Waals surface area contributed by atoms with Crippen molar-refractivity contribution in [2.75, 3.05) is 5.73 Å². The number of aryl methyl sites for hydroxylation is 1. The number of H-pyrrole nitrogens is 1. The van der Waals surface area contributed by atoms with Gasteiger partial charge in [-0.1, -0.05) is 0 Å². The Labute approximate surface area is 91.1 Å². The smallest absolute Gasteiger partial charge is 0.154 e. The number of aromatic nitrogens is 5. The third-order valence-electron chi connectivity index (χ3n) is 2.53. The molecule has 0 fully saturated rings. The van der Waals surface area contributed by atoms with Crippen LogP contribution in [0.3, 0.4) is 0 Å². The fourth-order valence-electron chi connectivity index (χ4n) is 1.73. The van der Waals surface area contributed by atoms with Crippen molar-refractivity contribution in [1.29, 1.82) is 0 Å². The molecule has 3 N–H and O–H groups in total. The third-order valence-corrected chi connectivity index (χ3v) is 2.53. The SMILES string of the molecule is Cn1cc(-c2cncc3c(N)n[nH]c23)cn1. The molecular weight excluding hydrogens is 204 g/mol. The van der Waals surface area contributed by atoms with E-state index < -0.39 is 0 Å². The zero-order valence-electron chi connectivity index (χ0n) is 8.68. The molecule has 3 rings (SSSR count). The van der Waals surface area contributed by atoms with E-state index >= 15 is 0 Å². The van der Waals surface area contributed by atoms with Gasteiger partial charge < -0.3 is 5.73 Å². The Bertz CT molecular complexity index is 650. The van der Waals surface area contributed by atoms with Crippen LogP contribution in [-0.2, 0) is 7.05 Å². The largest absolute Gasteiger partial charge is 0.382 e. The van der Waals surface area contributed by atoms with Crippen LogP contribution in [0, 0.1) is 0 Å². The van der Waals surface area contributed by atoms with Gasteiger partial charge in [-0.3, -0.25) is 14.8 Å². The van der Waals surface area contributed by atoms with Crippen molar-refractivity contribution in [2.24, 2.45) is 7.05 Å². The minimum absolute atomic E-state index is 0.466. The van der Waals surface area contributed by atoms with Crippen LogP contribution in [-0.4, -0.2) is 25.0 Å². The zero-order chi connectivity index (χ0) is 11.1. The van der Waals surface area contributed by atoms with Crippen molar-refractivity contribution in [2.45, 2.75) is 0 Å². The summed E-state index contributed by atoms with van der Waals surface area (Å²) in [6, 6.07) is 0. The standard InChI is InChI=1S/C10H10N6/c1-16-5-6(2-13-16)7-3-12-4-8-9(7)14-15-10(8)11/h2-5H,1H3,(H3,11,14,15). The summed E-state index contributed by atoms with van der Waals surface area (Å²) in [5.74, 6) is 0.466. The lowest BCUT2D eigenvalue weighted by molar-refractivity contribution is 0.768. The Morgan fingerprint density at radius 2 is 2.19 bits per heavy atom. The molecule has 3 aromatic rings. The predicted octanol–water partition coefficient (Wildman–Crippen LogP) is 0.941. The van der Waals surface area contributed by atoms with Crippen LogP contribution in [0.4, 0.5) is 5.82 Å². The molecule has 0 spiro atoms. The van der Waals surface area contributed by atoms with Crippen molar-refractivity contribution in [3.8, 4) is 11.1 Å². The van der Waals surface area contributed by atoms with Crippen molar-refractivity contribution in [3.63, 3.8) is 0 Å². The first-order valence-electron chi connectivity index (χ1n) is 4.82. The highest BCUT2D eigenvalue weighted by molar-refractivity contribution is 5.97. The number of nitrogen functional groups attached to an aromatic ring is 1. The number of fused-ring (bicyclic) bond motifs is 1. The fourth-order valence-corrected chi connectivity index (χ4v) is 1.73. The van der Waals surface area contributed by atoms with Crippen molar-refractivity contribution < 1.29 is 0 Å². The molecule has 0 aliphatic heterocycles. The Morgan fingerprint density at radius 3 is 2.94 bits per heavy atom. The van der Waals surface area contributed by atoms with Gasteiger partial charge in [0, 0.05) is 36.8 Å². The third kappa shape index (κ3) is 1.16. The average Bonchev–Trinajstić information content (AvgIpc) is 2.86. The predicted molar refractivity (Wildman–Crippen MR) is 60.5 cm³/mol. The Morgan fingerprint density at radius 1 is 1.31 bits per heavy atom. The molecule has 0 radical (unpaired) electrons. The van der Waals surface area contributed by atoms with Crippen molar-refractivity contribution >= 4 is 16.7 Å². The summed E-state index contributed by atoms with van der Waals surface area (Å²) < 4.78 is 1.74. The molecule has 0 atom stereocenters.